The Morgan fingerprint density at radius 1 is 1.60 bits per heavy atom. The van der Waals surface area contributed by atoms with E-state index in [4.69, 9.17) is 4.74 Å². The molecule has 0 aromatic heterocycles. The molecular weight excluding hydrogens is 192 g/mol. The minimum atomic E-state index is -0.164. The minimum absolute atomic E-state index is 0.0108. The third kappa shape index (κ3) is 2.32. The molecule has 2 atom stereocenters. The van der Waals surface area contributed by atoms with Gasteiger partial charge in [0.25, 0.3) is 0 Å². The van der Waals surface area contributed by atoms with Crippen molar-refractivity contribution >= 4 is 5.91 Å². The van der Waals surface area contributed by atoms with Gasteiger partial charge >= 0.3 is 0 Å². The van der Waals surface area contributed by atoms with Gasteiger partial charge in [0.05, 0.1) is 5.60 Å². The van der Waals surface area contributed by atoms with Gasteiger partial charge in [-0.25, -0.2) is 0 Å². The highest BCUT2D eigenvalue weighted by molar-refractivity contribution is 5.78. The van der Waals surface area contributed by atoms with E-state index < -0.39 is 0 Å². The Morgan fingerprint density at radius 3 is 3.00 bits per heavy atom. The predicted molar refractivity (Wildman–Crippen MR) is 57.6 cm³/mol. The van der Waals surface area contributed by atoms with Gasteiger partial charge in [-0.05, 0) is 33.4 Å². The van der Waals surface area contributed by atoms with Crippen molar-refractivity contribution in [3.63, 3.8) is 0 Å². The monoisotopic (exact) mass is 212 g/mol. The standard InChI is InChI=1S/C11H20N2O2/c1-11(8-12-10(14)7-15-11)9-4-3-5-13(2)6-9/h9H,3-8H2,1-2H3,(H,12,14). The van der Waals surface area contributed by atoms with Crippen LogP contribution in [0.4, 0.5) is 0 Å². The van der Waals surface area contributed by atoms with Gasteiger partial charge in [0.1, 0.15) is 6.61 Å². The molecule has 15 heavy (non-hydrogen) atoms. The van der Waals surface area contributed by atoms with Crippen molar-refractivity contribution in [3.05, 3.63) is 0 Å². The average molecular weight is 212 g/mol. The second kappa shape index (κ2) is 4.10. The lowest BCUT2D eigenvalue weighted by Crippen LogP contribution is -2.57. The van der Waals surface area contributed by atoms with E-state index in [1.54, 1.807) is 0 Å². The zero-order valence-electron chi connectivity index (χ0n) is 9.58. The van der Waals surface area contributed by atoms with Crippen LogP contribution in [-0.2, 0) is 9.53 Å². The maximum absolute atomic E-state index is 11.1. The van der Waals surface area contributed by atoms with Crippen LogP contribution in [0.1, 0.15) is 19.8 Å². The normalized spacial score (nSPS) is 38.8. The molecule has 2 aliphatic heterocycles. The van der Waals surface area contributed by atoms with Crippen LogP contribution in [0.2, 0.25) is 0 Å². The van der Waals surface area contributed by atoms with Gasteiger partial charge in [0.2, 0.25) is 5.91 Å². The largest absolute Gasteiger partial charge is 0.363 e. The van der Waals surface area contributed by atoms with Gasteiger partial charge in [-0.1, -0.05) is 0 Å². The van der Waals surface area contributed by atoms with Gasteiger partial charge in [0, 0.05) is 19.0 Å². The van der Waals surface area contributed by atoms with Crippen LogP contribution in [0.5, 0.6) is 0 Å². The predicted octanol–water partition coefficient (Wildman–Crippen LogP) is 0.233. The summed E-state index contributed by atoms with van der Waals surface area (Å²) in [5.74, 6) is 0.550. The molecule has 2 heterocycles. The van der Waals surface area contributed by atoms with Crippen LogP contribution in [-0.4, -0.2) is 49.7 Å². The van der Waals surface area contributed by atoms with Gasteiger partial charge in [-0.2, -0.15) is 0 Å². The zero-order chi connectivity index (χ0) is 10.9. The third-order valence-corrected chi connectivity index (χ3v) is 3.66. The minimum Gasteiger partial charge on any atom is -0.363 e. The summed E-state index contributed by atoms with van der Waals surface area (Å²) in [4.78, 5) is 13.4. The molecule has 2 aliphatic rings. The van der Waals surface area contributed by atoms with E-state index in [1.807, 2.05) is 0 Å². The Kier molecular flexibility index (Phi) is 2.98. The van der Waals surface area contributed by atoms with Crippen molar-refractivity contribution in [1.29, 1.82) is 0 Å². The zero-order valence-corrected chi connectivity index (χ0v) is 9.58. The number of rotatable bonds is 1. The Labute approximate surface area is 91.0 Å². The van der Waals surface area contributed by atoms with Crippen molar-refractivity contribution in [2.75, 3.05) is 33.3 Å². The van der Waals surface area contributed by atoms with E-state index in [0.717, 1.165) is 6.54 Å². The summed E-state index contributed by atoms with van der Waals surface area (Å²) in [5, 5.41) is 2.90. The number of ether oxygens (including phenoxy) is 1. The highest BCUT2D eigenvalue weighted by Crippen LogP contribution is 2.30. The Hall–Kier alpha value is -0.610. The molecule has 0 saturated carbocycles. The number of nitrogens with zero attached hydrogens (tertiary/aromatic N) is 1. The summed E-state index contributed by atoms with van der Waals surface area (Å²) < 4.78 is 5.73. The molecule has 4 nitrogen and oxygen atoms in total. The Morgan fingerprint density at radius 2 is 2.40 bits per heavy atom. The fraction of sp³-hybridized carbons (Fsp3) is 0.909. The Balaban J connectivity index is 1.98. The number of nitrogens with one attached hydrogen (secondary N) is 1. The highest BCUT2D eigenvalue weighted by atomic mass is 16.5. The summed E-state index contributed by atoms with van der Waals surface area (Å²) in [6.07, 6.45) is 2.44. The molecule has 1 N–H and O–H groups in total. The van der Waals surface area contributed by atoms with Crippen LogP contribution < -0.4 is 5.32 Å². The molecule has 0 radical (unpaired) electrons. The first kappa shape index (κ1) is 10.9. The van der Waals surface area contributed by atoms with E-state index in [1.165, 1.54) is 19.4 Å². The van der Waals surface area contributed by atoms with Crippen LogP contribution in [0.25, 0.3) is 0 Å². The van der Waals surface area contributed by atoms with Crippen molar-refractivity contribution < 1.29 is 9.53 Å². The van der Waals surface area contributed by atoms with Crippen LogP contribution in [0.15, 0.2) is 0 Å². The van der Waals surface area contributed by atoms with Crippen molar-refractivity contribution in [2.24, 2.45) is 5.92 Å². The molecule has 4 heteroatoms. The van der Waals surface area contributed by atoms with E-state index in [2.05, 4.69) is 24.2 Å². The number of carbonyl (C=O) groups is 1. The number of morpholine rings is 1. The fourth-order valence-electron chi connectivity index (χ4n) is 2.53. The quantitative estimate of drug-likeness (QED) is 0.676. The van der Waals surface area contributed by atoms with Gasteiger partial charge in [-0.15, -0.1) is 0 Å². The summed E-state index contributed by atoms with van der Waals surface area (Å²) >= 11 is 0. The first-order valence-electron chi connectivity index (χ1n) is 5.69. The van der Waals surface area contributed by atoms with E-state index in [9.17, 15) is 4.79 Å². The number of carbonyl (C=O) groups excluding carboxylic acids is 1. The second-order valence-corrected chi connectivity index (χ2v) is 4.98. The molecule has 2 saturated heterocycles. The van der Waals surface area contributed by atoms with E-state index in [0.29, 0.717) is 12.5 Å². The smallest absolute Gasteiger partial charge is 0.246 e. The van der Waals surface area contributed by atoms with Crippen molar-refractivity contribution in [3.8, 4) is 0 Å². The van der Waals surface area contributed by atoms with E-state index in [-0.39, 0.29) is 18.1 Å². The number of piperidine rings is 1. The summed E-state index contributed by atoms with van der Waals surface area (Å²) in [7, 11) is 2.15. The van der Waals surface area contributed by atoms with Gasteiger partial charge in [-0.3, -0.25) is 4.79 Å². The lowest BCUT2D eigenvalue weighted by Gasteiger charge is -2.44. The van der Waals surface area contributed by atoms with Crippen molar-refractivity contribution in [1.82, 2.24) is 10.2 Å². The summed E-state index contributed by atoms with van der Waals surface area (Å²) in [6.45, 7) is 5.25. The van der Waals surface area contributed by atoms with Crippen LogP contribution in [0.3, 0.4) is 0 Å². The molecule has 0 aromatic rings. The molecule has 0 aliphatic carbocycles. The molecular formula is C11H20N2O2. The first-order chi connectivity index (χ1) is 7.10. The van der Waals surface area contributed by atoms with Crippen LogP contribution in [0, 0.1) is 5.92 Å². The molecule has 2 unspecified atom stereocenters. The lowest BCUT2D eigenvalue weighted by molar-refractivity contribution is -0.151. The fourth-order valence-corrected chi connectivity index (χ4v) is 2.53. The highest BCUT2D eigenvalue weighted by Gasteiger charge is 2.40. The average Bonchev–Trinajstić information content (AvgIpc) is 2.23. The molecule has 0 aromatic carbocycles. The van der Waals surface area contributed by atoms with Crippen molar-refractivity contribution in [2.45, 2.75) is 25.4 Å². The number of hydrogen-bond acceptors (Lipinski definition) is 3. The number of likely N-dealkylation sites (tertiary alicyclic amines) is 1. The van der Waals surface area contributed by atoms with Gasteiger partial charge in [0.15, 0.2) is 0 Å². The molecule has 0 spiro atoms. The summed E-state index contributed by atoms with van der Waals surface area (Å²) in [5.41, 5.74) is -0.164. The molecule has 0 bridgehead atoms. The third-order valence-electron chi connectivity index (χ3n) is 3.66. The SMILES string of the molecule is CN1CCCC(C2(C)CNC(=O)CO2)C1. The van der Waals surface area contributed by atoms with E-state index >= 15 is 0 Å². The first-order valence-corrected chi connectivity index (χ1v) is 5.69. The maximum atomic E-state index is 11.1. The van der Waals surface area contributed by atoms with Gasteiger partial charge < -0.3 is 15.0 Å². The lowest BCUT2D eigenvalue weighted by atomic mass is 9.82. The Bertz CT molecular complexity index is 245. The summed E-state index contributed by atoms with van der Waals surface area (Å²) in [6, 6.07) is 0. The molecule has 86 valence electrons. The maximum Gasteiger partial charge on any atom is 0.246 e. The second-order valence-electron chi connectivity index (χ2n) is 4.98. The molecule has 1 amide bonds. The number of hydrogen-bond donors (Lipinski definition) is 1. The molecule has 2 fully saturated rings. The number of amides is 1. The van der Waals surface area contributed by atoms with Crippen LogP contribution >= 0.6 is 0 Å². The topological polar surface area (TPSA) is 41.6 Å². The molecule has 2 rings (SSSR count).